The Morgan fingerprint density at radius 1 is 1.32 bits per heavy atom. The first-order valence-electron chi connectivity index (χ1n) is 6.10. The molecule has 19 heavy (non-hydrogen) atoms. The normalized spacial score (nSPS) is 21.5. The molecule has 106 valence electrons. The smallest absolute Gasteiger partial charge is 0.243 e. The van der Waals surface area contributed by atoms with Gasteiger partial charge in [-0.25, -0.2) is 17.2 Å². The summed E-state index contributed by atoms with van der Waals surface area (Å²) in [6, 6.07) is 2.63. The molecular weight excluding hydrogens is 274 g/mol. The summed E-state index contributed by atoms with van der Waals surface area (Å²) >= 11 is 0. The minimum Gasteiger partial charge on any atom is -0.330 e. The molecule has 0 saturated carbocycles. The Bertz CT molecular complexity index is 563. The molecule has 0 amide bonds. The molecule has 1 saturated heterocycles. The Kier molecular flexibility index (Phi) is 4.17. The highest BCUT2D eigenvalue weighted by molar-refractivity contribution is 7.89. The minimum atomic E-state index is -3.77. The van der Waals surface area contributed by atoms with E-state index in [-0.39, 0.29) is 10.8 Å². The highest BCUT2D eigenvalue weighted by Gasteiger charge is 2.30. The van der Waals surface area contributed by atoms with Gasteiger partial charge >= 0.3 is 0 Å². The minimum absolute atomic E-state index is 0.119. The third-order valence-electron chi connectivity index (χ3n) is 3.34. The van der Waals surface area contributed by atoms with Gasteiger partial charge in [-0.2, -0.15) is 4.31 Å². The second-order valence-electron chi connectivity index (χ2n) is 4.68. The zero-order valence-electron chi connectivity index (χ0n) is 10.4. The van der Waals surface area contributed by atoms with E-state index in [1.54, 1.807) is 0 Å². The van der Waals surface area contributed by atoms with Crippen molar-refractivity contribution in [2.24, 2.45) is 11.7 Å². The molecule has 1 heterocycles. The molecule has 0 radical (unpaired) electrons. The number of hydrogen-bond acceptors (Lipinski definition) is 3. The number of rotatable bonds is 3. The van der Waals surface area contributed by atoms with Crippen LogP contribution in [0, 0.1) is 17.6 Å². The molecule has 2 N–H and O–H groups in total. The van der Waals surface area contributed by atoms with E-state index in [1.165, 1.54) is 4.31 Å². The first-order valence-corrected chi connectivity index (χ1v) is 7.54. The van der Waals surface area contributed by atoms with E-state index in [0.29, 0.717) is 19.6 Å². The number of nitrogens with two attached hydrogens (primary N) is 1. The average molecular weight is 290 g/mol. The fourth-order valence-electron chi connectivity index (χ4n) is 2.22. The molecule has 0 aromatic heterocycles. The Hall–Kier alpha value is -1.05. The van der Waals surface area contributed by atoms with Crippen molar-refractivity contribution in [3.8, 4) is 0 Å². The maximum absolute atomic E-state index is 13.1. The molecule has 1 aromatic carbocycles. The quantitative estimate of drug-likeness (QED) is 0.913. The SMILES string of the molecule is NCC1CCCN(S(=O)(=O)c2ccc(F)c(F)c2)C1. The molecule has 2 rings (SSSR count). The van der Waals surface area contributed by atoms with Gasteiger partial charge in [-0.3, -0.25) is 0 Å². The number of nitrogens with zero attached hydrogens (tertiary/aromatic N) is 1. The van der Waals surface area contributed by atoms with Crippen LogP contribution >= 0.6 is 0 Å². The van der Waals surface area contributed by atoms with E-state index in [1.807, 2.05) is 0 Å². The van der Waals surface area contributed by atoms with Gasteiger partial charge in [0.2, 0.25) is 10.0 Å². The highest BCUT2D eigenvalue weighted by Crippen LogP contribution is 2.24. The third-order valence-corrected chi connectivity index (χ3v) is 5.21. The van der Waals surface area contributed by atoms with Crippen LogP contribution in [0.15, 0.2) is 23.1 Å². The standard InChI is InChI=1S/C12H16F2N2O2S/c13-11-4-3-10(6-12(11)14)19(17,18)16-5-1-2-9(7-15)8-16/h3-4,6,9H,1-2,5,7-8,15H2. The molecule has 1 atom stereocenters. The fraction of sp³-hybridized carbons (Fsp3) is 0.500. The summed E-state index contributed by atoms with van der Waals surface area (Å²) in [5.74, 6) is -2.10. The van der Waals surface area contributed by atoms with Crippen molar-refractivity contribution in [2.45, 2.75) is 17.7 Å². The zero-order valence-corrected chi connectivity index (χ0v) is 11.2. The monoisotopic (exact) mass is 290 g/mol. The summed E-state index contributed by atoms with van der Waals surface area (Å²) in [4.78, 5) is -0.218. The Morgan fingerprint density at radius 3 is 2.68 bits per heavy atom. The summed E-state index contributed by atoms with van der Waals surface area (Å²) in [6.45, 7) is 1.14. The molecule has 1 aromatic rings. The van der Waals surface area contributed by atoms with Crippen molar-refractivity contribution in [3.63, 3.8) is 0 Å². The van der Waals surface area contributed by atoms with Gasteiger partial charge in [-0.05, 0) is 43.5 Å². The van der Waals surface area contributed by atoms with E-state index in [9.17, 15) is 17.2 Å². The number of piperidine rings is 1. The van der Waals surface area contributed by atoms with Crippen LogP contribution in [0.25, 0.3) is 0 Å². The zero-order chi connectivity index (χ0) is 14.0. The number of hydrogen-bond donors (Lipinski definition) is 1. The van der Waals surface area contributed by atoms with Gasteiger partial charge in [0.15, 0.2) is 11.6 Å². The van der Waals surface area contributed by atoms with Crippen LogP contribution in [0.2, 0.25) is 0 Å². The van der Waals surface area contributed by atoms with Crippen molar-refractivity contribution in [3.05, 3.63) is 29.8 Å². The van der Waals surface area contributed by atoms with Crippen LogP contribution in [-0.2, 0) is 10.0 Å². The summed E-state index contributed by atoms with van der Waals surface area (Å²) in [7, 11) is -3.77. The summed E-state index contributed by atoms with van der Waals surface area (Å²) < 4.78 is 51.9. The van der Waals surface area contributed by atoms with Crippen molar-refractivity contribution in [1.82, 2.24) is 4.31 Å². The van der Waals surface area contributed by atoms with E-state index in [2.05, 4.69) is 0 Å². The second kappa shape index (κ2) is 5.52. The first-order chi connectivity index (χ1) is 8.95. The lowest BCUT2D eigenvalue weighted by Crippen LogP contribution is -2.42. The Balaban J connectivity index is 2.28. The Labute approximate surface area is 111 Å². The topological polar surface area (TPSA) is 63.4 Å². The predicted molar refractivity (Wildman–Crippen MR) is 66.9 cm³/mol. The van der Waals surface area contributed by atoms with Gasteiger partial charge in [-0.15, -0.1) is 0 Å². The van der Waals surface area contributed by atoms with E-state index < -0.39 is 21.7 Å². The fourth-order valence-corrected chi connectivity index (χ4v) is 3.79. The van der Waals surface area contributed by atoms with Crippen LogP contribution in [0.4, 0.5) is 8.78 Å². The Morgan fingerprint density at radius 2 is 2.05 bits per heavy atom. The lowest BCUT2D eigenvalue weighted by atomic mass is 10.0. The summed E-state index contributed by atoms with van der Waals surface area (Å²) in [6.07, 6.45) is 1.62. The largest absolute Gasteiger partial charge is 0.330 e. The molecule has 1 aliphatic rings. The van der Waals surface area contributed by atoms with Gasteiger partial charge in [-0.1, -0.05) is 0 Å². The van der Waals surface area contributed by atoms with Crippen LogP contribution < -0.4 is 5.73 Å². The summed E-state index contributed by atoms with van der Waals surface area (Å²) in [5.41, 5.74) is 5.56. The maximum Gasteiger partial charge on any atom is 0.243 e. The second-order valence-corrected chi connectivity index (χ2v) is 6.62. The van der Waals surface area contributed by atoms with Crippen molar-refractivity contribution < 1.29 is 17.2 Å². The number of sulfonamides is 1. The molecule has 0 spiro atoms. The van der Waals surface area contributed by atoms with E-state index >= 15 is 0 Å². The molecular formula is C12H16F2N2O2S. The van der Waals surface area contributed by atoms with Gasteiger partial charge in [0.25, 0.3) is 0 Å². The van der Waals surface area contributed by atoms with Gasteiger partial charge in [0, 0.05) is 13.1 Å². The average Bonchev–Trinajstić information content (AvgIpc) is 2.41. The predicted octanol–water partition coefficient (Wildman–Crippen LogP) is 1.32. The van der Waals surface area contributed by atoms with Crippen molar-refractivity contribution in [1.29, 1.82) is 0 Å². The van der Waals surface area contributed by atoms with Crippen LogP contribution in [-0.4, -0.2) is 32.4 Å². The number of benzene rings is 1. The third kappa shape index (κ3) is 2.93. The molecule has 1 aliphatic heterocycles. The summed E-state index contributed by atoms with van der Waals surface area (Å²) in [5, 5.41) is 0. The highest BCUT2D eigenvalue weighted by atomic mass is 32.2. The molecule has 4 nitrogen and oxygen atoms in total. The van der Waals surface area contributed by atoms with Crippen LogP contribution in [0.5, 0.6) is 0 Å². The van der Waals surface area contributed by atoms with Gasteiger partial charge in [0.1, 0.15) is 0 Å². The van der Waals surface area contributed by atoms with Crippen LogP contribution in [0.1, 0.15) is 12.8 Å². The molecule has 7 heteroatoms. The molecule has 1 fully saturated rings. The number of halogens is 2. The lowest BCUT2D eigenvalue weighted by Gasteiger charge is -2.31. The van der Waals surface area contributed by atoms with Crippen LogP contribution in [0.3, 0.4) is 0 Å². The van der Waals surface area contributed by atoms with E-state index in [4.69, 9.17) is 5.73 Å². The van der Waals surface area contributed by atoms with E-state index in [0.717, 1.165) is 31.0 Å². The first kappa shape index (κ1) is 14.4. The van der Waals surface area contributed by atoms with Gasteiger partial charge < -0.3 is 5.73 Å². The lowest BCUT2D eigenvalue weighted by molar-refractivity contribution is 0.271. The molecule has 1 unspecified atom stereocenters. The maximum atomic E-state index is 13.1. The van der Waals surface area contributed by atoms with Crippen molar-refractivity contribution >= 4 is 10.0 Å². The van der Waals surface area contributed by atoms with Crippen molar-refractivity contribution in [2.75, 3.05) is 19.6 Å². The van der Waals surface area contributed by atoms with Gasteiger partial charge in [0.05, 0.1) is 4.90 Å². The molecule has 0 bridgehead atoms. The molecule has 0 aliphatic carbocycles.